The van der Waals surface area contributed by atoms with E-state index in [1.54, 1.807) is 11.8 Å². The summed E-state index contributed by atoms with van der Waals surface area (Å²) in [5.41, 5.74) is 2.13. The fourth-order valence-electron chi connectivity index (χ4n) is 2.45. The molecule has 0 aliphatic rings. The molecule has 0 aliphatic carbocycles. The number of nitrogens with one attached hydrogen (secondary N) is 1. The molecule has 0 fully saturated rings. The number of rotatable bonds is 7. The first-order chi connectivity index (χ1) is 11.1. The van der Waals surface area contributed by atoms with Gasteiger partial charge >= 0.3 is 0 Å². The van der Waals surface area contributed by atoms with Crippen molar-refractivity contribution in [2.24, 2.45) is 0 Å². The predicted molar refractivity (Wildman–Crippen MR) is 101 cm³/mol. The quantitative estimate of drug-likeness (QED) is 0.702. The number of carbonyl (C=O) groups excluding carboxylic acids is 1. The van der Waals surface area contributed by atoms with Gasteiger partial charge in [0.15, 0.2) is 6.54 Å². The number of thioether (sulfide) groups is 1. The molecule has 0 saturated carbocycles. The Morgan fingerprint density at radius 2 is 1.91 bits per heavy atom. The zero-order valence-corrected chi connectivity index (χ0v) is 15.8. The topological polar surface area (TPSA) is 45.7 Å². The molecule has 1 amide bonds. The van der Waals surface area contributed by atoms with Crippen LogP contribution in [0.25, 0.3) is 0 Å². The zero-order valence-electron chi connectivity index (χ0n) is 13.4. The summed E-state index contributed by atoms with van der Waals surface area (Å²) in [6.07, 6.45) is 2.99. The van der Waals surface area contributed by atoms with Crippen LogP contribution in [0.5, 0.6) is 0 Å². The molecule has 3 nitrogen and oxygen atoms in total. The van der Waals surface area contributed by atoms with Crippen LogP contribution < -0.4 is 10.6 Å². The van der Waals surface area contributed by atoms with Crippen molar-refractivity contribution >= 4 is 39.3 Å². The molecule has 0 spiro atoms. The van der Waals surface area contributed by atoms with Crippen LogP contribution in [0.4, 0.5) is 5.69 Å². The van der Waals surface area contributed by atoms with E-state index < -0.39 is 0 Å². The van der Waals surface area contributed by atoms with Gasteiger partial charge in [-0.2, -0.15) is 0 Å². The summed E-state index contributed by atoms with van der Waals surface area (Å²) in [5, 5.41) is 5.10. The average Bonchev–Trinajstić information content (AvgIpc) is 2.57. The van der Waals surface area contributed by atoms with Crippen molar-refractivity contribution in [1.29, 1.82) is 0 Å². The third kappa shape index (κ3) is 5.37. The molecule has 23 heavy (non-hydrogen) atoms. The number of benzene rings is 2. The van der Waals surface area contributed by atoms with Gasteiger partial charge in [-0.05, 0) is 30.5 Å². The Balaban J connectivity index is 1.93. The lowest BCUT2D eigenvalue weighted by Gasteiger charge is -2.15. The normalized spacial score (nSPS) is 12.0. The van der Waals surface area contributed by atoms with Crippen molar-refractivity contribution < 1.29 is 10.1 Å². The van der Waals surface area contributed by atoms with Gasteiger partial charge in [0.05, 0.1) is 5.69 Å². The van der Waals surface area contributed by atoms with E-state index in [0.29, 0.717) is 12.6 Å². The van der Waals surface area contributed by atoms with Crippen LogP contribution in [0.3, 0.4) is 0 Å². The molecule has 0 bridgehead atoms. The number of anilines is 1. The van der Waals surface area contributed by atoms with Crippen LogP contribution >= 0.6 is 27.7 Å². The van der Waals surface area contributed by atoms with Gasteiger partial charge in [0.2, 0.25) is 0 Å². The fraction of sp³-hybridized carbons (Fsp3) is 0.278. The molecular formula is C18H22BrN2OS+. The Hall–Kier alpha value is -1.30. The first-order valence-corrected chi connectivity index (χ1v) is 9.67. The standard InChI is InChI=1S/C18H21BrN2OS/c1-3-15(13-8-10-14(19)11-9-13)20-12-18(22)21-16-6-4-5-7-17(16)23-2/h4-11,15,20H,3,12H2,1-2H3,(H,21,22)/p+1/t15-/m0/s1. The van der Waals surface area contributed by atoms with Gasteiger partial charge in [0.1, 0.15) is 6.04 Å². The fourth-order valence-corrected chi connectivity index (χ4v) is 3.26. The van der Waals surface area contributed by atoms with Crippen molar-refractivity contribution in [1.82, 2.24) is 0 Å². The van der Waals surface area contributed by atoms with Gasteiger partial charge in [-0.3, -0.25) is 4.79 Å². The van der Waals surface area contributed by atoms with E-state index in [2.05, 4.69) is 45.6 Å². The van der Waals surface area contributed by atoms with E-state index in [9.17, 15) is 4.79 Å². The van der Waals surface area contributed by atoms with E-state index in [1.807, 2.05) is 42.7 Å². The molecule has 0 aromatic heterocycles. The third-order valence-electron chi connectivity index (χ3n) is 3.71. The maximum atomic E-state index is 12.2. The van der Waals surface area contributed by atoms with Crippen LogP contribution in [0.2, 0.25) is 0 Å². The number of hydrogen-bond acceptors (Lipinski definition) is 2. The highest BCUT2D eigenvalue weighted by molar-refractivity contribution is 9.10. The van der Waals surface area contributed by atoms with E-state index >= 15 is 0 Å². The maximum absolute atomic E-state index is 12.2. The smallest absolute Gasteiger partial charge is 0.279 e. The number of halogens is 1. The first-order valence-electron chi connectivity index (χ1n) is 7.65. The average molecular weight is 394 g/mol. The number of para-hydroxylation sites is 1. The molecule has 3 N–H and O–H groups in total. The molecule has 122 valence electrons. The summed E-state index contributed by atoms with van der Waals surface area (Å²) in [7, 11) is 0. The third-order valence-corrected chi connectivity index (χ3v) is 5.03. The Bertz CT molecular complexity index is 646. The summed E-state index contributed by atoms with van der Waals surface area (Å²) < 4.78 is 1.07. The lowest BCUT2D eigenvalue weighted by molar-refractivity contribution is -0.686. The van der Waals surface area contributed by atoms with Gasteiger partial charge in [0.25, 0.3) is 5.91 Å². The van der Waals surface area contributed by atoms with Gasteiger partial charge in [-0.15, -0.1) is 11.8 Å². The molecule has 2 aromatic rings. The molecule has 0 aliphatic heterocycles. The van der Waals surface area contributed by atoms with Crippen LogP contribution in [0, 0.1) is 0 Å². The van der Waals surface area contributed by atoms with Crippen molar-refractivity contribution in [2.45, 2.75) is 24.3 Å². The molecule has 1 atom stereocenters. The number of carbonyl (C=O) groups is 1. The van der Waals surface area contributed by atoms with Crippen LogP contribution in [-0.4, -0.2) is 18.7 Å². The van der Waals surface area contributed by atoms with Crippen LogP contribution in [-0.2, 0) is 4.79 Å². The molecule has 0 radical (unpaired) electrons. The monoisotopic (exact) mass is 393 g/mol. The van der Waals surface area contributed by atoms with Crippen molar-refractivity contribution in [3.05, 3.63) is 58.6 Å². The second-order valence-corrected chi connectivity index (χ2v) is 7.02. The van der Waals surface area contributed by atoms with Gasteiger partial charge in [-0.25, -0.2) is 0 Å². The summed E-state index contributed by atoms with van der Waals surface area (Å²) in [6.45, 7) is 2.56. The highest BCUT2D eigenvalue weighted by atomic mass is 79.9. The molecule has 2 rings (SSSR count). The van der Waals surface area contributed by atoms with E-state index in [4.69, 9.17) is 0 Å². The number of hydrogen-bond donors (Lipinski definition) is 2. The lowest BCUT2D eigenvalue weighted by atomic mass is 10.0. The molecule has 5 heteroatoms. The molecule has 0 heterocycles. The minimum Gasteiger partial charge on any atom is -0.332 e. The minimum absolute atomic E-state index is 0.0297. The summed E-state index contributed by atoms with van der Waals surface area (Å²) in [6, 6.07) is 16.5. The van der Waals surface area contributed by atoms with E-state index in [1.165, 1.54) is 5.56 Å². The Morgan fingerprint density at radius 1 is 1.22 bits per heavy atom. The highest BCUT2D eigenvalue weighted by Gasteiger charge is 2.15. The van der Waals surface area contributed by atoms with Crippen molar-refractivity contribution in [2.75, 3.05) is 18.1 Å². The summed E-state index contributed by atoms with van der Waals surface area (Å²) in [5.74, 6) is 0.0297. The minimum atomic E-state index is 0.0297. The number of nitrogens with two attached hydrogens (primary N) is 1. The Morgan fingerprint density at radius 3 is 2.57 bits per heavy atom. The van der Waals surface area contributed by atoms with Crippen LogP contribution in [0.15, 0.2) is 57.9 Å². The zero-order chi connectivity index (χ0) is 16.7. The van der Waals surface area contributed by atoms with Gasteiger partial charge < -0.3 is 10.6 Å². The summed E-state index contributed by atoms with van der Waals surface area (Å²) >= 11 is 5.09. The number of quaternary nitrogens is 1. The predicted octanol–water partition coefficient (Wildman–Crippen LogP) is 3.82. The maximum Gasteiger partial charge on any atom is 0.279 e. The van der Waals surface area contributed by atoms with E-state index in [-0.39, 0.29) is 5.91 Å². The highest BCUT2D eigenvalue weighted by Crippen LogP contribution is 2.24. The SMILES string of the molecule is CC[C@H]([NH2+]CC(=O)Nc1ccccc1SC)c1ccc(Br)cc1. The van der Waals surface area contributed by atoms with Gasteiger partial charge in [0, 0.05) is 21.4 Å². The largest absolute Gasteiger partial charge is 0.332 e. The Labute approximate surface area is 150 Å². The second kappa shape index (κ2) is 9.11. The summed E-state index contributed by atoms with van der Waals surface area (Å²) in [4.78, 5) is 13.3. The molecular weight excluding hydrogens is 372 g/mol. The number of amides is 1. The molecule has 0 saturated heterocycles. The van der Waals surface area contributed by atoms with E-state index in [0.717, 1.165) is 21.5 Å². The molecule has 0 unspecified atom stereocenters. The van der Waals surface area contributed by atoms with Crippen molar-refractivity contribution in [3.63, 3.8) is 0 Å². The van der Waals surface area contributed by atoms with Gasteiger partial charge in [-0.1, -0.05) is 47.1 Å². The lowest BCUT2D eigenvalue weighted by Crippen LogP contribution is -2.87. The first kappa shape index (κ1) is 18.0. The second-order valence-electron chi connectivity index (χ2n) is 5.25. The Kier molecular flexibility index (Phi) is 7.15. The molecule has 2 aromatic carbocycles. The van der Waals surface area contributed by atoms with Crippen molar-refractivity contribution in [3.8, 4) is 0 Å². The van der Waals surface area contributed by atoms with Crippen LogP contribution in [0.1, 0.15) is 24.9 Å².